The summed E-state index contributed by atoms with van der Waals surface area (Å²) in [6.45, 7) is 9.63. The number of rotatable bonds is 4. The van der Waals surface area contributed by atoms with Gasteiger partial charge in [-0.05, 0) is 45.7 Å². The van der Waals surface area contributed by atoms with Gasteiger partial charge in [0.2, 0.25) is 0 Å². The molecule has 1 aromatic carbocycles. The fourth-order valence-electron chi connectivity index (χ4n) is 1.65. The largest absolute Gasteiger partial charge is 0.357 e. The number of hydrogen-bond acceptors (Lipinski definition) is 1. The molecule has 0 atom stereocenters. The Morgan fingerprint density at radius 3 is 2.53 bits per heavy atom. The summed E-state index contributed by atoms with van der Waals surface area (Å²) in [6, 6.07) is 6.83. The molecule has 0 saturated carbocycles. The molecule has 2 N–H and O–H groups in total. The lowest BCUT2D eigenvalue weighted by Gasteiger charge is -2.23. The van der Waals surface area contributed by atoms with Crippen molar-refractivity contribution in [3.05, 3.63) is 35.6 Å². The van der Waals surface area contributed by atoms with E-state index in [9.17, 15) is 4.39 Å². The molecule has 0 aromatic heterocycles. The quantitative estimate of drug-likeness (QED) is 0.649. The van der Waals surface area contributed by atoms with Crippen molar-refractivity contribution in [1.82, 2.24) is 10.6 Å². The lowest BCUT2D eigenvalue weighted by Crippen LogP contribution is -2.47. The predicted molar refractivity (Wildman–Crippen MR) is 79.0 cm³/mol. The van der Waals surface area contributed by atoms with Crippen LogP contribution in [0.25, 0.3) is 0 Å². The van der Waals surface area contributed by atoms with E-state index in [0.717, 1.165) is 12.5 Å². The number of benzene rings is 1. The number of hydrogen-bond donors (Lipinski definition) is 2. The van der Waals surface area contributed by atoms with Gasteiger partial charge in [0.05, 0.1) is 0 Å². The van der Waals surface area contributed by atoms with Crippen molar-refractivity contribution in [2.75, 3.05) is 13.1 Å². The predicted octanol–water partition coefficient (Wildman–Crippen LogP) is 2.72. The lowest BCUT2D eigenvalue weighted by atomic mass is 10.1. The van der Waals surface area contributed by atoms with Crippen LogP contribution in [0.15, 0.2) is 29.3 Å². The third kappa shape index (κ3) is 6.22. The van der Waals surface area contributed by atoms with Crippen molar-refractivity contribution in [3.8, 4) is 0 Å². The summed E-state index contributed by atoms with van der Waals surface area (Å²) < 4.78 is 13.5. The molecule has 0 spiro atoms. The van der Waals surface area contributed by atoms with Crippen molar-refractivity contribution < 1.29 is 4.39 Å². The van der Waals surface area contributed by atoms with E-state index in [1.807, 2.05) is 13.0 Å². The van der Waals surface area contributed by atoms with Gasteiger partial charge >= 0.3 is 0 Å². The molecule has 4 heteroatoms. The molecule has 0 bridgehead atoms. The van der Waals surface area contributed by atoms with E-state index >= 15 is 0 Å². The molecule has 0 unspecified atom stereocenters. The summed E-state index contributed by atoms with van der Waals surface area (Å²) in [7, 11) is 0. The maximum absolute atomic E-state index is 13.5. The Balaban J connectivity index is 2.59. The zero-order valence-corrected chi connectivity index (χ0v) is 12.3. The normalized spacial score (nSPS) is 12.4. The molecule has 0 radical (unpaired) electrons. The van der Waals surface area contributed by atoms with E-state index in [0.29, 0.717) is 18.5 Å². The van der Waals surface area contributed by atoms with Crippen molar-refractivity contribution >= 4 is 5.96 Å². The van der Waals surface area contributed by atoms with Crippen LogP contribution in [0.3, 0.4) is 0 Å². The number of aliphatic imine (C=N–C) groups is 1. The average Bonchev–Trinajstić information content (AvgIpc) is 2.30. The molecule has 0 fully saturated rings. The number of nitrogens with zero attached hydrogens (tertiary/aromatic N) is 1. The molecule has 0 heterocycles. The molecule has 0 aliphatic heterocycles. The zero-order chi connectivity index (χ0) is 14.3. The minimum absolute atomic E-state index is 0.0427. The number of nitrogens with one attached hydrogen (secondary N) is 2. The standard InChI is InChI=1S/C15H24FN3/c1-5-17-14(19-15(2,3)4)18-11-10-12-8-6-7-9-13(12)16/h6-9H,5,10-11H2,1-4H3,(H2,17,18,19). The van der Waals surface area contributed by atoms with E-state index in [1.54, 1.807) is 12.1 Å². The van der Waals surface area contributed by atoms with Gasteiger partial charge in [0.25, 0.3) is 0 Å². The maximum atomic E-state index is 13.5. The van der Waals surface area contributed by atoms with Crippen LogP contribution in [0, 0.1) is 5.82 Å². The first-order chi connectivity index (χ1) is 8.92. The molecule has 106 valence electrons. The average molecular weight is 265 g/mol. The third-order valence-electron chi connectivity index (χ3n) is 2.45. The van der Waals surface area contributed by atoms with Crippen LogP contribution < -0.4 is 10.6 Å². The van der Waals surface area contributed by atoms with Crippen LogP contribution in [0.4, 0.5) is 4.39 Å². The molecular formula is C15H24FN3. The van der Waals surface area contributed by atoms with Crippen molar-refractivity contribution in [3.63, 3.8) is 0 Å². The summed E-state index contributed by atoms with van der Waals surface area (Å²) in [5.74, 6) is 0.609. The van der Waals surface area contributed by atoms with Gasteiger partial charge in [-0.25, -0.2) is 4.39 Å². The topological polar surface area (TPSA) is 36.4 Å². The molecule has 3 nitrogen and oxygen atoms in total. The Morgan fingerprint density at radius 2 is 1.95 bits per heavy atom. The summed E-state index contributed by atoms with van der Waals surface area (Å²) >= 11 is 0. The minimum atomic E-state index is -0.161. The van der Waals surface area contributed by atoms with Gasteiger partial charge in [0, 0.05) is 18.6 Å². The van der Waals surface area contributed by atoms with E-state index in [2.05, 4.69) is 36.4 Å². The number of halogens is 1. The zero-order valence-electron chi connectivity index (χ0n) is 12.3. The van der Waals surface area contributed by atoms with Crippen LogP contribution in [0.2, 0.25) is 0 Å². The van der Waals surface area contributed by atoms with Gasteiger partial charge in [-0.2, -0.15) is 0 Å². The second kappa shape index (κ2) is 7.12. The van der Waals surface area contributed by atoms with Crippen LogP contribution in [0.1, 0.15) is 33.3 Å². The van der Waals surface area contributed by atoms with Gasteiger partial charge in [-0.1, -0.05) is 18.2 Å². The van der Waals surface area contributed by atoms with Crippen molar-refractivity contribution in [2.45, 2.75) is 39.7 Å². The Bertz CT molecular complexity index is 422. The van der Waals surface area contributed by atoms with Crippen LogP contribution in [-0.2, 0) is 6.42 Å². The smallest absolute Gasteiger partial charge is 0.191 e. The molecule has 0 amide bonds. The molecule has 0 aliphatic carbocycles. The van der Waals surface area contributed by atoms with Crippen LogP contribution in [-0.4, -0.2) is 24.6 Å². The molecule has 19 heavy (non-hydrogen) atoms. The van der Waals surface area contributed by atoms with E-state index in [1.165, 1.54) is 6.07 Å². The van der Waals surface area contributed by atoms with Crippen LogP contribution >= 0.6 is 0 Å². The first kappa shape index (κ1) is 15.5. The third-order valence-corrected chi connectivity index (χ3v) is 2.45. The molecule has 1 aromatic rings. The van der Waals surface area contributed by atoms with E-state index in [4.69, 9.17) is 0 Å². The maximum Gasteiger partial charge on any atom is 0.191 e. The van der Waals surface area contributed by atoms with E-state index in [-0.39, 0.29) is 11.4 Å². The SMILES string of the molecule is CCNC(=NCCc1ccccc1F)NC(C)(C)C. The molecule has 1 rings (SSSR count). The Morgan fingerprint density at radius 1 is 1.26 bits per heavy atom. The monoisotopic (exact) mass is 265 g/mol. The minimum Gasteiger partial charge on any atom is -0.357 e. The molecular weight excluding hydrogens is 241 g/mol. The molecule has 0 saturated heterocycles. The first-order valence-corrected chi connectivity index (χ1v) is 6.72. The van der Waals surface area contributed by atoms with Crippen LogP contribution in [0.5, 0.6) is 0 Å². The van der Waals surface area contributed by atoms with E-state index < -0.39 is 0 Å². The second-order valence-electron chi connectivity index (χ2n) is 5.48. The van der Waals surface area contributed by atoms with Gasteiger partial charge in [-0.15, -0.1) is 0 Å². The summed E-state index contributed by atoms with van der Waals surface area (Å²) in [5.41, 5.74) is 0.664. The highest BCUT2D eigenvalue weighted by Crippen LogP contribution is 2.07. The summed E-state index contributed by atoms with van der Waals surface area (Å²) in [5, 5.41) is 6.49. The van der Waals surface area contributed by atoms with Gasteiger partial charge in [0.15, 0.2) is 5.96 Å². The Hall–Kier alpha value is -1.58. The number of guanidine groups is 1. The fourth-order valence-corrected chi connectivity index (χ4v) is 1.65. The van der Waals surface area contributed by atoms with Crippen molar-refractivity contribution in [1.29, 1.82) is 0 Å². The van der Waals surface area contributed by atoms with Gasteiger partial charge in [0.1, 0.15) is 5.82 Å². The fraction of sp³-hybridized carbons (Fsp3) is 0.533. The highest BCUT2D eigenvalue weighted by Gasteiger charge is 2.11. The highest BCUT2D eigenvalue weighted by atomic mass is 19.1. The lowest BCUT2D eigenvalue weighted by molar-refractivity contribution is 0.501. The second-order valence-corrected chi connectivity index (χ2v) is 5.48. The van der Waals surface area contributed by atoms with Gasteiger partial charge < -0.3 is 10.6 Å². The Kier molecular flexibility index (Phi) is 5.80. The molecule has 0 aliphatic rings. The summed E-state index contributed by atoms with van der Waals surface area (Å²) in [4.78, 5) is 4.46. The first-order valence-electron chi connectivity index (χ1n) is 6.72. The Labute approximate surface area is 115 Å². The summed E-state index contributed by atoms with van der Waals surface area (Å²) in [6.07, 6.45) is 0.605. The highest BCUT2D eigenvalue weighted by molar-refractivity contribution is 5.80. The van der Waals surface area contributed by atoms with Gasteiger partial charge in [-0.3, -0.25) is 4.99 Å². The van der Waals surface area contributed by atoms with Crippen molar-refractivity contribution in [2.24, 2.45) is 4.99 Å².